The SMILES string of the molecule is N#CC1=CCCC=C1C1C=CC=C(N2C3=C(CCC=C3)C3C=CC(n4c5c(c6ccccc64)CCC=C5)=CC32)C1. The van der Waals surface area contributed by atoms with Crippen molar-refractivity contribution in [2.45, 2.75) is 51.0 Å². The van der Waals surface area contributed by atoms with Gasteiger partial charge in [0, 0.05) is 40.0 Å². The van der Waals surface area contributed by atoms with Crippen molar-refractivity contribution < 1.29 is 0 Å². The van der Waals surface area contributed by atoms with Crippen LogP contribution in [0.15, 0.2) is 119 Å². The van der Waals surface area contributed by atoms with Crippen molar-refractivity contribution in [2.75, 3.05) is 0 Å². The van der Waals surface area contributed by atoms with Crippen molar-refractivity contribution in [2.24, 2.45) is 11.8 Å². The normalized spacial score (nSPS) is 26.6. The molecule has 196 valence electrons. The van der Waals surface area contributed by atoms with E-state index >= 15 is 0 Å². The Morgan fingerprint density at radius 2 is 1.77 bits per heavy atom. The lowest BCUT2D eigenvalue weighted by Gasteiger charge is -2.36. The molecule has 3 heteroatoms. The molecule has 0 spiro atoms. The lowest BCUT2D eigenvalue weighted by molar-refractivity contribution is 0.351. The minimum atomic E-state index is 0.245. The summed E-state index contributed by atoms with van der Waals surface area (Å²) < 4.78 is 2.49. The first-order valence-electron chi connectivity index (χ1n) is 14.9. The second-order valence-electron chi connectivity index (χ2n) is 11.7. The highest BCUT2D eigenvalue weighted by Gasteiger charge is 2.41. The lowest BCUT2D eigenvalue weighted by atomic mass is 9.82. The smallest absolute Gasteiger partial charge is 0.0991 e. The van der Waals surface area contributed by atoms with Crippen LogP contribution < -0.4 is 0 Å². The van der Waals surface area contributed by atoms with E-state index < -0.39 is 0 Å². The molecular formula is C37H33N3. The van der Waals surface area contributed by atoms with Crippen LogP contribution in [-0.2, 0) is 6.42 Å². The first-order chi connectivity index (χ1) is 19.8. The largest absolute Gasteiger partial charge is 0.337 e. The van der Waals surface area contributed by atoms with Crippen molar-refractivity contribution in [3.8, 4) is 6.07 Å². The van der Waals surface area contributed by atoms with Crippen molar-refractivity contribution in [1.29, 1.82) is 5.26 Å². The number of para-hydroxylation sites is 1. The van der Waals surface area contributed by atoms with E-state index in [1.54, 1.807) is 5.57 Å². The van der Waals surface area contributed by atoms with E-state index in [-0.39, 0.29) is 12.0 Å². The number of aromatic nitrogens is 1. The quantitative estimate of drug-likeness (QED) is 0.407. The monoisotopic (exact) mass is 519 g/mol. The summed E-state index contributed by atoms with van der Waals surface area (Å²) in [5, 5.41) is 11.2. The average Bonchev–Trinajstić information content (AvgIpc) is 3.53. The Hall–Kier alpha value is -4.29. The molecule has 0 radical (unpaired) electrons. The van der Waals surface area contributed by atoms with Crippen LogP contribution >= 0.6 is 0 Å². The molecule has 2 heterocycles. The highest BCUT2D eigenvalue weighted by molar-refractivity contribution is 5.93. The first kappa shape index (κ1) is 23.6. The summed E-state index contributed by atoms with van der Waals surface area (Å²) in [5.41, 5.74) is 11.8. The van der Waals surface area contributed by atoms with Crippen LogP contribution in [0.2, 0.25) is 0 Å². The van der Waals surface area contributed by atoms with Gasteiger partial charge in [0.2, 0.25) is 0 Å². The number of benzene rings is 1. The minimum absolute atomic E-state index is 0.245. The van der Waals surface area contributed by atoms with Crippen molar-refractivity contribution in [1.82, 2.24) is 9.47 Å². The number of fused-ring (bicyclic) bond motifs is 5. The maximum atomic E-state index is 9.81. The Morgan fingerprint density at radius 1 is 0.900 bits per heavy atom. The maximum Gasteiger partial charge on any atom is 0.0991 e. The fraction of sp³-hybridized carbons (Fsp3) is 0.270. The number of aryl methyl sites for hydroxylation is 1. The standard InChI is InChI=1S/C37H33N3/c38-24-26-10-1-2-13-29(26)25-11-9-12-27(22-25)40-36-19-8-5-16-32(36)33-21-20-28(23-37(33)40)39-34-17-6-3-14-30(34)31-15-4-7-18-35(31)39/h3,6-14,17-21,23,25,33,37H,1-2,4-5,15-16,22H2. The molecule has 0 saturated carbocycles. The summed E-state index contributed by atoms with van der Waals surface area (Å²) in [7, 11) is 0. The molecule has 0 saturated heterocycles. The Bertz CT molecular complexity index is 1750. The molecule has 40 heavy (non-hydrogen) atoms. The fourth-order valence-corrected chi connectivity index (χ4v) is 7.78. The van der Waals surface area contributed by atoms with Gasteiger partial charge < -0.3 is 9.47 Å². The summed E-state index contributed by atoms with van der Waals surface area (Å²) in [6.45, 7) is 0. The molecule has 3 unspecified atom stereocenters. The Morgan fingerprint density at radius 3 is 2.73 bits per heavy atom. The first-order valence-corrected chi connectivity index (χ1v) is 14.9. The van der Waals surface area contributed by atoms with Gasteiger partial charge in [-0.3, -0.25) is 0 Å². The summed E-state index contributed by atoms with van der Waals surface area (Å²) in [5.74, 6) is 0.639. The molecule has 0 fully saturated rings. The van der Waals surface area contributed by atoms with Gasteiger partial charge in [-0.2, -0.15) is 5.26 Å². The third-order valence-corrected chi connectivity index (χ3v) is 9.52. The van der Waals surface area contributed by atoms with Crippen LogP contribution in [0.4, 0.5) is 0 Å². The molecule has 1 aromatic carbocycles. The Balaban J connectivity index is 1.21. The zero-order chi connectivity index (χ0) is 26.6. The van der Waals surface area contributed by atoms with Gasteiger partial charge in [0.25, 0.3) is 0 Å². The van der Waals surface area contributed by atoms with E-state index in [9.17, 15) is 5.26 Å². The third-order valence-electron chi connectivity index (χ3n) is 9.52. The molecule has 0 amide bonds. The van der Waals surface area contributed by atoms with Crippen LogP contribution in [0, 0.1) is 23.2 Å². The number of allylic oxidation sites excluding steroid dienone is 13. The molecule has 0 N–H and O–H groups in total. The highest BCUT2D eigenvalue weighted by atomic mass is 15.2. The van der Waals surface area contributed by atoms with Gasteiger partial charge in [-0.25, -0.2) is 0 Å². The number of hydrogen-bond acceptors (Lipinski definition) is 2. The number of rotatable bonds is 3. The molecule has 0 bridgehead atoms. The number of nitriles is 1. The maximum absolute atomic E-state index is 9.81. The average molecular weight is 520 g/mol. The van der Waals surface area contributed by atoms with Crippen molar-refractivity contribution >= 4 is 22.7 Å². The molecular weight excluding hydrogens is 486 g/mol. The summed E-state index contributed by atoms with van der Waals surface area (Å²) in [6.07, 6.45) is 35.3. The molecule has 6 aliphatic rings. The molecule has 3 atom stereocenters. The topological polar surface area (TPSA) is 32.0 Å². The summed E-state index contributed by atoms with van der Waals surface area (Å²) in [4.78, 5) is 2.63. The van der Waals surface area contributed by atoms with E-state index in [2.05, 4.69) is 113 Å². The summed E-state index contributed by atoms with van der Waals surface area (Å²) >= 11 is 0. The number of hydrogen-bond donors (Lipinski definition) is 0. The zero-order valence-electron chi connectivity index (χ0n) is 22.8. The second kappa shape index (κ2) is 9.42. The third kappa shape index (κ3) is 3.56. The van der Waals surface area contributed by atoms with Gasteiger partial charge >= 0.3 is 0 Å². The molecule has 1 aliphatic heterocycles. The predicted molar refractivity (Wildman–Crippen MR) is 164 cm³/mol. The van der Waals surface area contributed by atoms with Gasteiger partial charge in [0.15, 0.2) is 0 Å². The molecule has 1 aromatic heterocycles. The van der Waals surface area contributed by atoms with E-state index in [0.717, 1.165) is 50.5 Å². The van der Waals surface area contributed by atoms with Gasteiger partial charge in [-0.15, -0.1) is 0 Å². The highest BCUT2D eigenvalue weighted by Crippen LogP contribution is 2.48. The lowest BCUT2D eigenvalue weighted by Crippen LogP contribution is -2.34. The van der Waals surface area contributed by atoms with Crippen molar-refractivity contribution in [3.05, 3.63) is 130 Å². The second-order valence-corrected chi connectivity index (χ2v) is 11.7. The van der Waals surface area contributed by atoms with E-state index in [0.29, 0.717) is 5.92 Å². The fourth-order valence-electron chi connectivity index (χ4n) is 7.78. The number of nitrogens with zero attached hydrogens (tertiary/aromatic N) is 3. The minimum Gasteiger partial charge on any atom is -0.337 e. The molecule has 2 aromatic rings. The van der Waals surface area contributed by atoms with Gasteiger partial charge in [-0.05, 0) is 98.1 Å². The molecule has 8 rings (SSSR count). The van der Waals surface area contributed by atoms with Crippen LogP contribution in [0.25, 0.3) is 22.7 Å². The molecule has 5 aliphatic carbocycles. The summed E-state index contributed by atoms with van der Waals surface area (Å²) in [6, 6.07) is 11.6. The van der Waals surface area contributed by atoms with Crippen LogP contribution in [0.3, 0.4) is 0 Å². The van der Waals surface area contributed by atoms with Crippen molar-refractivity contribution in [3.63, 3.8) is 0 Å². The Kier molecular flexibility index (Phi) is 5.55. The predicted octanol–water partition coefficient (Wildman–Crippen LogP) is 8.55. The Labute approximate surface area is 236 Å². The zero-order valence-corrected chi connectivity index (χ0v) is 22.8. The van der Waals surface area contributed by atoms with Crippen LogP contribution in [-0.4, -0.2) is 15.5 Å². The molecule has 3 nitrogen and oxygen atoms in total. The van der Waals surface area contributed by atoms with Gasteiger partial charge in [0.05, 0.1) is 23.2 Å². The van der Waals surface area contributed by atoms with Gasteiger partial charge in [0.1, 0.15) is 0 Å². The van der Waals surface area contributed by atoms with Crippen LogP contribution in [0.5, 0.6) is 0 Å². The van der Waals surface area contributed by atoms with E-state index in [1.807, 2.05) is 0 Å². The van der Waals surface area contributed by atoms with Gasteiger partial charge in [-0.1, -0.05) is 60.7 Å². The van der Waals surface area contributed by atoms with E-state index in [1.165, 1.54) is 44.8 Å². The van der Waals surface area contributed by atoms with E-state index in [4.69, 9.17) is 0 Å². The van der Waals surface area contributed by atoms with Crippen LogP contribution in [0.1, 0.15) is 49.8 Å².